The molecule has 0 unspecified atom stereocenters. The highest BCUT2D eigenvalue weighted by molar-refractivity contribution is 5.98. The summed E-state index contributed by atoms with van der Waals surface area (Å²) in [4.78, 5) is 8.17. The first-order chi connectivity index (χ1) is 17.9. The molecule has 0 aliphatic rings. The molecule has 3 aromatic heterocycles. The van der Waals surface area contributed by atoms with Gasteiger partial charge in [0.2, 0.25) is 5.89 Å². The van der Waals surface area contributed by atoms with Gasteiger partial charge in [-0.2, -0.15) is 26.3 Å². The molecule has 0 bridgehead atoms. The number of alkyl halides is 6. The van der Waals surface area contributed by atoms with Crippen molar-refractivity contribution >= 4 is 10.9 Å². The van der Waals surface area contributed by atoms with Crippen LogP contribution in [0.4, 0.5) is 30.7 Å². The normalized spacial score (nSPS) is 12.3. The number of hydrogen-bond donors (Lipinski definition) is 1. The van der Waals surface area contributed by atoms with Crippen LogP contribution in [0.5, 0.6) is 5.75 Å². The second-order valence-electron chi connectivity index (χ2n) is 8.16. The molecule has 0 aliphatic carbocycles. The zero-order chi connectivity index (χ0) is 27.2. The van der Waals surface area contributed by atoms with E-state index in [1.165, 1.54) is 42.6 Å². The van der Waals surface area contributed by atoms with Crippen LogP contribution in [0.3, 0.4) is 0 Å². The Morgan fingerprint density at radius 2 is 1.47 bits per heavy atom. The fourth-order valence-corrected chi connectivity index (χ4v) is 3.78. The quantitative estimate of drug-likeness (QED) is 0.255. The minimum atomic E-state index is -5.08. The topological polar surface area (TPSA) is 84.9 Å². The van der Waals surface area contributed by atoms with Gasteiger partial charge in [-0.05, 0) is 48.0 Å². The SMILES string of the molecule is Oc1c(-c2nnc(Cc3ccc(F)cc3)o2)nc(-c2cc(C(F)(F)F)cc(C(F)(F)F)c2)c2cccnc12. The van der Waals surface area contributed by atoms with E-state index in [0.717, 1.165) is 0 Å². The maximum absolute atomic E-state index is 13.5. The average Bonchev–Trinajstić information content (AvgIpc) is 3.32. The molecular weight excluding hydrogens is 521 g/mol. The van der Waals surface area contributed by atoms with Gasteiger partial charge in [0, 0.05) is 17.1 Å². The minimum absolute atomic E-state index is 0.00496. The third-order valence-electron chi connectivity index (χ3n) is 5.53. The summed E-state index contributed by atoms with van der Waals surface area (Å²) in [7, 11) is 0. The average molecular weight is 534 g/mol. The molecule has 0 fully saturated rings. The predicted octanol–water partition coefficient (Wildman–Crippen LogP) is 6.82. The Hall–Kier alpha value is -4.55. The molecule has 5 aromatic rings. The summed E-state index contributed by atoms with van der Waals surface area (Å²) in [5.41, 5.74) is -3.84. The van der Waals surface area contributed by atoms with Crippen molar-refractivity contribution in [1.82, 2.24) is 20.2 Å². The van der Waals surface area contributed by atoms with Crippen molar-refractivity contribution in [2.24, 2.45) is 0 Å². The first-order valence-electron chi connectivity index (χ1n) is 10.7. The lowest BCUT2D eigenvalue weighted by atomic mass is 9.99. The smallest absolute Gasteiger partial charge is 0.416 e. The van der Waals surface area contributed by atoms with Crippen molar-refractivity contribution in [3.05, 3.63) is 89.2 Å². The zero-order valence-corrected chi connectivity index (χ0v) is 18.8. The molecule has 0 spiro atoms. The number of hydrogen-bond acceptors (Lipinski definition) is 6. The van der Waals surface area contributed by atoms with Crippen molar-refractivity contribution in [2.75, 3.05) is 0 Å². The van der Waals surface area contributed by atoms with E-state index in [1.54, 1.807) is 0 Å². The van der Waals surface area contributed by atoms with E-state index in [4.69, 9.17) is 4.42 Å². The summed E-state index contributed by atoms with van der Waals surface area (Å²) in [6.07, 6.45) is -8.80. The highest BCUT2D eigenvalue weighted by atomic mass is 19.4. The number of rotatable bonds is 4. The van der Waals surface area contributed by atoms with Crippen LogP contribution in [0.15, 0.2) is 65.2 Å². The minimum Gasteiger partial charge on any atom is -0.504 e. The fourth-order valence-electron chi connectivity index (χ4n) is 3.78. The molecule has 0 atom stereocenters. The van der Waals surface area contributed by atoms with E-state index < -0.39 is 46.3 Å². The Bertz CT molecular complexity index is 1610. The van der Waals surface area contributed by atoms with Gasteiger partial charge >= 0.3 is 12.4 Å². The van der Waals surface area contributed by atoms with Crippen molar-refractivity contribution in [3.8, 4) is 28.6 Å². The molecule has 5 rings (SSSR count). The molecule has 6 nitrogen and oxygen atoms in total. The summed E-state index contributed by atoms with van der Waals surface area (Å²) in [6, 6.07) is 9.21. The van der Waals surface area contributed by atoms with Crippen LogP contribution in [0.2, 0.25) is 0 Å². The number of aromatic hydroxyl groups is 1. The van der Waals surface area contributed by atoms with Crippen LogP contribution in [-0.2, 0) is 18.8 Å². The lowest BCUT2D eigenvalue weighted by Crippen LogP contribution is -2.11. The number of aromatic nitrogens is 4. The van der Waals surface area contributed by atoms with E-state index in [9.17, 15) is 35.8 Å². The summed E-state index contributed by atoms with van der Waals surface area (Å²) in [5, 5.41) is 18.5. The van der Waals surface area contributed by atoms with Gasteiger partial charge in [-0.15, -0.1) is 10.2 Å². The van der Waals surface area contributed by atoms with E-state index in [-0.39, 0.29) is 40.9 Å². The molecule has 3 heterocycles. The maximum atomic E-state index is 13.5. The van der Waals surface area contributed by atoms with Crippen LogP contribution < -0.4 is 0 Å². The fraction of sp³-hybridized carbons (Fsp3) is 0.120. The lowest BCUT2D eigenvalue weighted by molar-refractivity contribution is -0.143. The highest BCUT2D eigenvalue weighted by Gasteiger charge is 2.37. The Kier molecular flexibility index (Phi) is 6.00. The number of fused-ring (bicyclic) bond motifs is 1. The van der Waals surface area contributed by atoms with Gasteiger partial charge in [-0.1, -0.05) is 12.1 Å². The first-order valence-corrected chi connectivity index (χ1v) is 10.7. The standard InChI is InChI=1S/C25H13F7N4O2/c26-16-5-3-12(4-6-16)8-18-35-36-23(38-18)21-22(37)20-17(2-1-7-33-20)19(34-21)13-9-14(24(27,28)29)11-15(10-13)25(30,31)32/h1-7,9-11,37H,8H2. The number of nitrogens with zero attached hydrogens (tertiary/aromatic N) is 4. The summed E-state index contributed by atoms with van der Waals surface area (Å²) in [6.45, 7) is 0. The van der Waals surface area contributed by atoms with Crippen LogP contribution >= 0.6 is 0 Å². The third-order valence-corrected chi connectivity index (χ3v) is 5.53. The van der Waals surface area contributed by atoms with Gasteiger partial charge in [-0.25, -0.2) is 9.37 Å². The molecule has 0 saturated carbocycles. The van der Waals surface area contributed by atoms with Gasteiger partial charge in [0.25, 0.3) is 5.89 Å². The maximum Gasteiger partial charge on any atom is 0.416 e. The molecule has 0 amide bonds. The van der Waals surface area contributed by atoms with E-state index in [0.29, 0.717) is 17.7 Å². The molecule has 2 aromatic carbocycles. The van der Waals surface area contributed by atoms with E-state index >= 15 is 0 Å². The van der Waals surface area contributed by atoms with Gasteiger partial charge in [-0.3, -0.25) is 4.98 Å². The van der Waals surface area contributed by atoms with Crippen molar-refractivity contribution in [1.29, 1.82) is 0 Å². The Morgan fingerprint density at radius 1 is 0.816 bits per heavy atom. The van der Waals surface area contributed by atoms with Gasteiger partial charge in [0.15, 0.2) is 11.4 Å². The van der Waals surface area contributed by atoms with Crippen LogP contribution in [0, 0.1) is 5.82 Å². The molecule has 13 heteroatoms. The Balaban J connectivity index is 1.68. The Morgan fingerprint density at radius 3 is 2.11 bits per heavy atom. The monoisotopic (exact) mass is 534 g/mol. The third kappa shape index (κ3) is 4.86. The zero-order valence-electron chi connectivity index (χ0n) is 18.8. The molecule has 38 heavy (non-hydrogen) atoms. The van der Waals surface area contributed by atoms with Crippen molar-refractivity contribution in [3.63, 3.8) is 0 Å². The van der Waals surface area contributed by atoms with Gasteiger partial charge in [0.1, 0.15) is 11.3 Å². The first kappa shape index (κ1) is 25.1. The number of halogens is 7. The summed E-state index contributed by atoms with van der Waals surface area (Å²) >= 11 is 0. The van der Waals surface area contributed by atoms with Crippen LogP contribution in [-0.4, -0.2) is 25.3 Å². The second-order valence-corrected chi connectivity index (χ2v) is 8.16. The number of benzene rings is 2. The molecule has 0 aliphatic heterocycles. The summed E-state index contributed by atoms with van der Waals surface area (Å²) in [5.74, 6) is -1.33. The molecule has 1 N–H and O–H groups in total. The highest BCUT2D eigenvalue weighted by Crippen LogP contribution is 2.42. The second kappa shape index (κ2) is 9.08. The summed E-state index contributed by atoms with van der Waals surface area (Å²) < 4.78 is 99.6. The molecular formula is C25H13F7N4O2. The molecule has 194 valence electrons. The molecule has 0 radical (unpaired) electrons. The number of pyridine rings is 2. The van der Waals surface area contributed by atoms with Crippen molar-refractivity contribution < 1.29 is 40.3 Å². The van der Waals surface area contributed by atoms with E-state index in [2.05, 4.69) is 20.2 Å². The largest absolute Gasteiger partial charge is 0.504 e. The van der Waals surface area contributed by atoms with Crippen LogP contribution in [0.1, 0.15) is 22.6 Å². The lowest BCUT2D eigenvalue weighted by Gasteiger charge is -2.15. The predicted molar refractivity (Wildman–Crippen MR) is 119 cm³/mol. The van der Waals surface area contributed by atoms with Crippen molar-refractivity contribution in [2.45, 2.75) is 18.8 Å². The van der Waals surface area contributed by atoms with Crippen LogP contribution in [0.25, 0.3) is 33.7 Å². The Labute approximate surface area is 208 Å². The van der Waals surface area contributed by atoms with Gasteiger partial charge < -0.3 is 9.52 Å². The molecule has 0 saturated heterocycles. The van der Waals surface area contributed by atoms with E-state index in [1.807, 2.05) is 0 Å². The van der Waals surface area contributed by atoms with Gasteiger partial charge in [0.05, 0.1) is 23.2 Å².